The molecular formula is C28H27F3N6O3. The number of rotatable bonds is 5. The number of fused-ring (bicyclic) bond motifs is 2. The van der Waals surface area contributed by atoms with Gasteiger partial charge in [0.25, 0.3) is 5.91 Å². The Morgan fingerprint density at radius 1 is 1.12 bits per heavy atom. The van der Waals surface area contributed by atoms with E-state index < -0.39 is 23.1 Å². The van der Waals surface area contributed by atoms with Gasteiger partial charge in [0.2, 0.25) is 11.9 Å². The number of amides is 2. The Hall–Kier alpha value is -4.06. The van der Waals surface area contributed by atoms with Crippen LogP contribution in [0, 0.1) is 6.92 Å². The second-order valence-electron chi connectivity index (χ2n) is 10.5. The van der Waals surface area contributed by atoms with Crippen molar-refractivity contribution in [3.05, 3.63) is 70.8 Å². The zero-order valence-electron chi connectivity index (χ0n) is 21.7. The lowest BCUT2D eigenvalue weighted by Gasteiger charge is -2.35. The highest BCUT2D eigenvalue weighted by Gasteiger charge is 2.58. The molecule has 0 atom stereocenters. The molecule has 9 nitrogen and oxygen atoms in total. The number of alkyl halides is 3. The predicted octanol–water partition coefficient (Wildman–Crippen LogP) is 4.62. The number of pyridine rings is 1. The van der Waals surface area contributed by atoms with Crippen molar-refractivity contribution in [2.24, 2.45) is 0 Å². The zero-order valence-corrected chi connectivity index (χ0v) is 21.7. The Balaban J connectivity index is 1.25. The predicted molar refractivity (Wildman–Crippen MR) is 140 cm³/mol. The first-order valence-electron chi connectivity index (χ1n) is 13.1. The van der Waals surface area contributed by atoms with E-state index in [1.165, 1.54) is 0 Å². The molecule has 0 radical (unpaired) electrons. The maximum absolute atomic E-state index is 13.8. The third kappa shape index (κ3) is 4.87. The van der Waals surface area contributed by atoms with Crippen LogP contribution in [0.1, 0.15) is 58.4 Å². The van der Waals surface area contributed by atoms with Crippen LogP contribution in [0.5, 0.6) is 0 Å². The molecule has 1 aliphatic carbocycles. The van der Waals surface area contributed by atoms with Crippen LogP contribution in [0.4, 0.5) is 30.5 Å². The first-order valence-corrected chi connectivity index (χ1v) is 13.1. The summed E-state index contributed by atoms with van der Waals surface area (Å²) in [6.45, 7) is 3.51. The third-order valence-corrected chi connectivity index (χ3v) is 7.69. The number of hydrogen-bond acceptors (Lipinski definition) is 7. The molecule has 2 amide bonds. The fourth-order valence-electron chi connectivity index (χ4n) is 5.30. The van der Waals surface area contributed by atoms with Crippen molar-refractivity contribution < 1.29 is 27.5 Å². The van der Waals surface area contributed by atoms with Gasteiger partial charge >= 0.3 is 6.18 Å². The van der Waals surface area contributed by atoms with Crippen molar-refractivity contribution in [2.45, 2.75) is 56.8 Å². The van der Waals surface area contributed by atoms with E-state index in [9.17, 15) is 22.8 Å². The van der Waals surface area contributed by atoms with Crippen LogP contribution in [0.15, 0.2) is 42.9 Å². The molecule has 2 fully saturated rings. The van der Waals surface area contributed by atoms with Gasteiger partial charge in [0.05, 0.1) is 28.8 Å². The van der Waals surface area contributed by atoms with E-state index in [-0.39, 0.29) is 24.1 Å². The molecular weight excluding hydrogens is 525 g/mol. The molecule has 1 saturated carbocycles. The van der Waals surface area contributed by atoms with E-state index in [2.05, 4.69) is 20.6 Å². The second kappa shape index (κ2) is 9.84. The van der Waals surface area contributed by atoms with Gasteiger partial charge in [-0.05, 0) is 56.4 Å². The zero-order chi connectivity index (χ0) is 28.1. The maximum Gasteiger partial charge on any atom is 0.417 e. The number of benzene rings is 1. The minimum atomic E-state index is -4.62. The summed E-state index contributed by atoms with van der Waals surface area (Å²) < 4.78 is 44.6. The Labute approximate surface area is 228 Å². The van der Waals surface area contributed by atoms with Gasteiger partial charge in [-0.15, -0.1) is 0 Å². The average Bonchev–Trinajstić information content (AvgIpc) is 3.74. The van der Waals surface area contributed by atoms with E-state index in [0.29, 0.717) is 49.6 Å². The summed E-state index contributed by atoms with van der Waals surface area (Å²) in [6.07, 6.45) is 2.00. The number of carbonyl (C=O) groups excluding carboxylic acids is 2. The number of nitrogens with zero attached hydrogens (tertiary/aromatic N) is 4. The summed E-state index contributed by atoms with van der Waals surface area (Å²) in [4.78, 5) is 41.1. The molecule has 1 saturated heterocycles. The van der Waals surface area contributed by atoms with Gasteiger partial charge in [0.15, 0.2) is 0 Å². The van der Waals surface area contributed by atoms with Crippen molar-refractivity contribution in [1.82, 2.24) is 15.0 Å². The SMILES string of the molecule is Cc1ccc(NC(=O)c2cncc(C(F)(F)F)c2)cc1N1Cc2cnc(NC3CCOCC3)nc2C2(CC2)C1=O. The highest BCUT2D eigenvalue weighted by atomic mass is 19.4. The van der Waals surface area contributed by atoms with E-state index in [1.807, 2.05) is 6.92 Å². The molecule has 2 aromatic heterocycles. The lowest BCUT2D eigenvalue weighted by atomic mass is 9.91. The molecule has 3 aromatic rings. The fourth-order valence-corrected chi connectivity index (χ4v) is 5.30. The molecule has 6 rings (SSSR count). The van der Waals surface area contributed by atoms with Crippen LogP contribution in [-0.4, -0.2) is 46.0 Å². The number of ether oxygens (including phenoxy) is 1. The Kier molecular flexibility index (Phi) is 6.44. The standard InChI is InChI=1S/C28H27F3N6O3/c1-16-2-3-21(34-24(38)17-10-19(14-32-12-17)28(29,30)31)11-22(16)37-15-18-13-33-26(35-20-4-8-40-9-5-20)36-23(18)27(6-7-27)25(37)39/h2-3,10-14,20H,4-9,15H2,1H3,(H,34,38)(H,33,35,36). The molecule has 0 bridgehead atoms. The van der Waals surface area contributed by atoms with Gasteiger partial charge in [-0.25, -0.2) is 9.97 Å². The highest BCUT2D eigenvalue weighted by Crippen LogP contribution is 2.53. The third-order valence-electron chi connectivity index (χ3n) is 7.69. The molecule has 12 heteroatoms. The number of hydrogen-bond donors (Lipinski definition) is 2. The quantitative estimate of drug-likeness (QED) is 0.476. The molecule has 0 unspecified atom stereocenters. The average molecular weight is 553 g/mol. The monoisotopic (exact) mass is 552 g/mol. The minimum absolute atomic E-state index is 0.0654. The molecule has 1 spiro atoms. The minimum Gasteiger partial charge on any atom is -0.381 e. The van der Waals surface area contributed by atoms with Gasteiger partial charge < -0.3 is 20.3 Å². The van der Waals surface area contributed by atoms with Crippen LogP contribution in [-0.2, 0) is 27.7 Å². The van der Waals surface area contributed by atoms with E-state index in [1.54, 1.807) is 29.3 Å². The fraction of sp³-hybridized carbons (Fsp3) is 0.393. The summed E-state index contributed by atoms with van der Waals surface area (Å²) in [6, 6.07) is 6.05. The topological polar surface area (TPSA) is 109 Å². The van der Waals surface area contributed by atoms with Crippen LogP contribution in [0.2, 0.25) is 0 Å². The van der Waals surface area contributed by atoms with Crippen molar-refractivity contribution in [2.75, 3.05) is 28.7 Å². The van der Waals surface area contributed by atoms with Crippen molar-refractivity contribution >= 4 is 29.1 Å². The molecule has 2 aliphatic heterocycles. The number of carbonyl (C=O) groups is 2. The highest BCUT2D eigenvalue weighted by molar-refractivity contribution is 6.07. The van der Waals surface area contributed by atoms with Crippen molar-refractivity contribution in [3.8, 4) is 0 Å². The molecule has 4 heterocycles. The number of halogens is 3. The van der Waals surface area contributed by atoms with Crippen LogP contribution < -0.4 is 15.5 Å². The number of aryl methyl sites for hydroxylation is 1. The lowest BCUT2D eigenvalue weighted by Crippen LogP contribution is -2.45. The number of aromatic nitrogens is 3. The van der Waals surface area contributed by atoms with Gasteiger partial charge in [0.1, 0.15) is 0 Å². The molecule has 208 valence electrons. The Morgan fingerprint density at radius 3 is 2.62 bits per heavy atom. The lowest BCUT2D eigenvalue weighted by molar-refractivity contribution is -0.137. The van der Waals surface area contributed by atoms with E-state index >= 15 is 0 Å². The van der Waals surface area contributed by atoms with Crippen molar-refractivity contribution in [1.29, 1.82) is 0 Å². The largest absolute Gasteiger partial charge is 0.417 e. The second-order valence-corrected chi connectivity index (χ2v) is 10.5. The molecule has 3 aliphatic rings. The molecule has 1 aromatic carbocycles. The van der Waals surface area contributed by atoms with Crippen molar-refractivity contribution in [3.63, 3.8) is 0 Å². The van der Waals surface area contributed by atoms with E-state index in [4.69, 9.17) is 9.72 Å². The number of anilines is 3. The molecule has 40 heavy (non-hydrogen) atoms. The van der Waals surface area contributed by atoms with Gasteiger partial charge in [-0.3, -0.25) is 14.6 Å². The smallest absolute Gasteiger partial charge is 0.381 e. The first kappa shape index (κ1) is 26.2. The van der Waals surface area contributed by atoms with Crippen LogP contribution >= 0.6 is 0 Å². The van der Waals surface area contributed by atoms with Gasteiger partial charge in [-0.2, -0.15) is 13.2 Å². The molecule has 2 N–H and O–H groups in total. The summed E-state index contributed by atoms with van der Waals surface area (Å²) in [5, 5.41) is 6.01. The van der Waals surface area contributed by atoms with Gasteiger partial charge in [-0.1, -0.05) is 6.07 Å². The van der Waals surface area contributed by atoms with Crippen LogP contribution in [0.3, 0.4) is 0 Å². The van der Waals surface area contributed by atoms with Crippen LogP contribution in [0.25, 0.3) is 0 Å². The normalized spacial score (nSPS) is 18.4. The summed E-state index contributed by atoms with van der Waals surface area (Å²) in [7, 11) is 0. The maximum atomic E-state index is 13.8. The van der Waals surface area contributed by atoms with E-state index in [0.717, 1.165) is 41.9 Å². The Morgan fingerprint density at radius 2 is 1.90 bits per heavy atom. The number of nitrogens with one attached hydrogen (secondary N) is 2. The Bertz CT molecular complexity index is 1480. The van der Waals surface area contributed by atoms with Gasteiger partial charge in [0, 0.05) is 54.8 Å². The summed E-state index contributed by atoms with van der Waals surface area (Å²) in [5.74, 6) is -0.284. The summed E-state index contributed by atoms with van der Waals surface area (Å²) >= 11 is 0. The summed E-state index contributed by atoms with van der Waals surface area (Å²) in [5.41, 5.74) is 1.44. The first-order chi connectivity index (χ1) is 19.1.